The van der Waals surface area contributed by atoms with Gasteiger partial charge in [0.15, 0.2) is 0 Å². The fraction of sp³-hybridized carbons (Fsp3) is 0.265. The second-order valence-electron chi connectivity index (χ2n) is 11.9. The van der Waals surface area contributed by atoms with Crippen LogP contribution in [0.3, 0.4) is 0 Å². The lowest BCUT2D eigenvalue weighted by Gasteiger charge is -2.22. The van der Waals surface area contributed by atoms with Crippen molar-refractivity contribution in [3.05, 3.63) is 90.1 Å². The first-order valence-corrected chi connectivity index (χ1v) is 13.5. The van der Waals surface area contributed by atoms with Crippen LogP contribution in [0.2, 0.25) is 0 Å². The van der Waals surface area contributed by atoms with E-state index < -0.39 is 11.8 Å². The van der Waals surface area contributed by atoms with Gasteiger partial charge in [0.25, 0.3) is 0 Å². The monoisotopic (exact) mass is 489 g/mol. The molecule has 0 bridgehead atoms. The molecule has 6 rings (SSSR count). The predicted molar refractivity (Wildman–Crippen MR) is 159 cm³/mol. The van der Waals surface area contributed by atoms with Gasteiger partial charge in [-0.15, -0.1) is 11.3 Å². The smallest absolute Gasteiger partial charge is 0.0880 e. The lowest BCUT2D eigenvalue weighted by atomic mass is 9.82. The molecule has 1 nitrogen and oxygen atoms in total. The fourth-order valence-electron chi connectivity index (χ4n) is 5.27. The average Bonchev–Trinajstić information content (AvgIpc) is 3.25. The zero-order valence-corrected chi connectivity index (χ0v) is 22.7. The summed E-state index contributed by atoms with van der Waals surface area (Å²) in [7, 11) is 0. The molecule has 0 unspecified atom stereocenters. The first kappa shape index (κ1) is 20.9. The van der Waals surface area contributed by atoms with E-state index in [9.17, 15) is 0 Å². The number of fused-ring (bicyclic) bond motifs is 6. The molecule has 0 fully saturated rings. The lowest BCUT2D eigenvalue weighted by molar-refractivity contribution is 0.411. The first-order chi connectivity index (χ1) is 17.9. The third-order valence-corrected chi connectivity index (χ3v) is 8.09. The minimum atomic E-state index is -1.42. The van der Waals surface area contributed by atoms with Crippen molar-refractivity contribution in [3.8, 4) is 11.3 Å². The fourth-order valence-corrected chi connectivity index (χ4v) is 6.62. The Bertz CT molecular complexity index is 1870. The van der Waals surface area contributed by atoms with E-state index in [0.717, 1.165) is 27.6 Å². The van der Waals surface area contributed by atoms with Crippen molar-refractivity contribution in [3.63, 3.8) is 0 Å². The molecule has 36 heavy (non-hydrogen) atoms. The Morgan fingerprint density at radius 3 is 2.22 bits per heavy atom. The van der Waals surface area contributed by atoms with Gasteiger partial charge < -0.3 is 0 Å². The number of benzene rings is 4. The largest absolute Gasteiger partial charge is 0.255 e. The van der Waals surface area contributed by atoms with E-state index in [2.05, 4.69) is 81.4 Å². The van der Waals surface area contributed by atoms with E-state index in [1.54, 1.807) is 11.3 Å². The summed E-state index contributed by atoms with van der Waals surface area (Å²) in [4.78, 5) is 4.92. The van der Waals surface area contributed by atoms with Crippen LogP contribution in [-0.2, 0) is 11.8 Å². The number of pyridine rings is 1. The van der Waals surface area contributed by atoms with Gasteiger partial charge in [-0.1, -0.05) is 96.1 Å². The van der Waals surface area contributed by atoms with Crippen LogP contribution in [0, 0.1) is 5.41 Å². The second-order valence-corrected chi connectivity index (χ2v) is 12.9. The summed E-state index contributed by atoms with van der Waals surface area (Å²) in [5, 5.41) is 7.22. The molecule has 4 aromatic carbocycles. The maximum absolute atomic E-state index is 8.75. The summed E-state index contributed by atoms with van der Waals surface area (Å²) in [5.41, 5.74) is 3.75. The maximum atomic E-state index is 8.75. The zero-order chi connectivity index (χ0) is 27.0. The van der Waals surface area contributed by atoms with Crippen molar-refractivity contribution < 1.29 is 2.74 Å². The van der Waals surface area contributed by atoms with Crippen LogP contribution in [0.4, 0.5) is 0 Å². The molecule has 180 valence electrons. The lowest BCUT2D eigenvalue weighted by Crippen LogP contribution is -2.12. The molecule has 0 radical (unpaired) electrons. The van der Waals surface area contributed by atoms with E-state index in [4.69, 9.17) is 7.73 Å². The molecule has 0 saturated heterocycles. The molecule has 0 saturated carbocycles. The summed E-state index contributed by atoms with van der Waals surface area (Å²) < 4.78 is 19.9. The first-order valence-electron chi connectivity index (χ1n) is 13.6. The van der Waals surface area contributed by atoms with Crippen molar-refractivity contribution in [1.82, 2.24) is 4.98 Å². The molecule has 0 N–H and O–H groups in total. The van der Waals surface area contributed by atoms with Crippen LogP contribution in [0.1, 0.15) is 55.4 Å². The Hall–Kier alpha value is -3.23. The number of thiophene rings is 1. The molecule has 2 heteroatoms. The number of hydrogen-bond donors (Lipinski definition) is 0. The predicted octanol–water partition coefficient (Wildman–Crippen LogP) is 10.3. The van der Waals surface area contributed by atoms with Crippen LogP contribution < -0.4 is 0 Å². The number of nitrogens with zero attached hydrogens (tertiary/aromatic N) is 1. The Kier molecular flexibility index (Phi) is 4.73. The second kappa shape index (κ2) is 8.15. The van der Waals surface area contributed by atoms with Gasteiger partial charge in [-0.05, 0) is 68.1 Å². The number of aromatic nitrogens is 1. The van der Waals surface area contributed by atoms with Crippen molar-refractivity contribution in [2.75, 3.05) is 0 Å². The van der Waals surface area contributed by atoms with Crippen molar-refractivity contribution in [2.24, 2.45) is 5.41 Å². The van der Waals surface area contributed by atoms with Gasteiger partial charge in [0.05, 0.1) is 10.4 Å². The van der Waals surface area contributed by atoms with Crippen molar-refractivity contribution in [1.29, 1.82) is 0 Å². The van der Waals surface area contributed by atoms with E-state index in [1.165, 1.54) is 36.5 Å². The normalized spacial score (nSPS) is 14.1. The highest BCUT2D eigenvalue weighted by Gasteiger charge is 2.20. The summed E-state index contributed by atoms with van der Waals surface area (Å²) in [6.07, 6.45) is 0.509. The van der Waals surface area contributed by atoms with E-state index in [1.807, 2.05) is 39.1 Å². The molecule has 0 aliphatic heterocycles. The van der Waals surface area contributed by atoms with Gasteiger partial charge in [0.2, 0.25) is 0 Å². The van der Waals surface area contributed by atoms with Crippen molar-refractivity contribution in [2.45, 2.75) is 53.3 Å². The average molecular weight is 490 g/mol. The molecular weight excluding hydrogens is 454 g/mol. The Morgan fingerprint density at radius 1 is 0.722 bits per heavy atom. The molecule has 0 aliphatic rings. The van der Waals surface area contributed by atoms with E-state index in [-0.39, 0.29) is 5.41 Å². The quantitative estimate of drug-likeness (QED) is 0.236. The Labute approximate surface area is 220 Å². The minimum Gasteiger partial charge on any atom is -0.255 e. The van der Waals surface area contributed by atoms with Crippen LogP contribution in [0.25, 0.3) is 53.0 Å². The van der Waals surface area contributed by atoms with Gasteiger partial charge in [0.1, 0.15) is 0 Å². The van der Waals surface area contributed by atoms with Crippen LogP contribution >= 0.6 is 11.3 Å². The van der Waals surface area contributed by atoms with Gasteiger partial charge in [-0.25, -0.2) is 0 Å². The highest BCUT2D eigenvalue weighted by Crippen LogP contribution is 2.43. The SMILES string of the molecule is [2H]C([2H])(c1ccc2c(ccc3c4ccnc(-c5cc(C(C)(C)C)c6ccccc6c5)c4sc23)c1)C(C)(C)C. The molecule has 0 aliphatic carbocycles. The third kappa shape index (κ3) is 3.98. The van der Waals surface area contributed by atoms with Gasteiger partial charge in [-0.2, -0.15) is 0 Å². The van der Waals surface area contributed by atoms with Crippen molar-refractivity contribution >= 4 is 53.1 Å². The molecule has 0 amide bonds. The third-order valence-electron chi connectivity index (χ3n) is 6.83. The van der Waals surface area contributed by atoms with Crippen LogP contribution in [-0.4, -0.2) is 4.98 Å². The Morgan fingerprint density at radius 2 is 1.44 bits per heavy atom. The number of hydrogen-bond acceptors (Lipinski definition) is 2. The van der Waals surface area contributed by atoms with Crippen LogP contribution in [0.5, 0.6) is 0 Å². The summed E-state index contributed by atoms with van der Waals surface area (Å²) >= 11 is 1.79. The molecule has 0 spiro atoms. The minimum absolute atomic E-state index is 0.00948. The van der Waals surface area contributed by atoms with Gasteiger partial charge >= 0.3 is 0 Å². The molecule has 6 aromatic rings. The number of rotatable bonds is 2. The standard InChI is InChI=1S/C34H33NS/c1-33(2,3)20-21-11-13-26-23(17-21)12-14-27-28-15-16-35-30(32(28)36-31(26)27)24-18-22-9-7-8-10-25(22)29(19-24)34(4,5)6/h7-19H,20H2,1-6H3/i20D2. The topological polar surface area (TPSA) is 12.9 Å². The van der Waals surface area contributed by atoms with E-state index >= 15 is 0 Å². The summed E-state index contributed by atoms with van der Waals surface area (Å²) in [6.45, 7) is 12.7. The zero-order valence-electron chi connectivity index (χ0n) is 23.9. The molecule has 0 atom stereocenters. The van der Waals surface area contributed by atoms with E-state index in [0.29, 0.717) is 0 Å². The molecule has 2 aromatic heterocycles. The van der Waals surface area contributed by atoms with Gasteiger partial charge in [0, 0.05) is 30.0 Å². The maximum Gasteiger partial charge on any atom is 0.0880 e. The molecule has 2 heterocycles. The van der Waals surface area contributed by atoms with Gasteiger partial charge in [-0.3, -0.25) is 4.98 Å². The summed E-state index contributed by atoms with van der Waals surface area (Å²) in [5.74, 6) is 0. The highest BCUT2D eigenvalue weighted by atomic mass is 32.1. The summed E-state index contributed by atoms with van der Waals surface area (Å²) in [6, 6.07) is 25.8. The molecular formula is C34H33NS. The Balaban J connectivity index is 1.60. The van der Waals surface area contributed by atoms with Crippen LogP contribution in [0.15, 0.2) is 79.0 Å². The highest BCUT2D eigenvalue weighted by molar-refractivity contribution is 7.27.